The Morgan fingerprint density at radius 3 is 1.83 bits per heavy atom. The van der Waals surface area contributed by atoms with E-state index in [2.05, 4.69) is 0 Å². The second-order valence-electron chi connectivity index (χ2n) is 5.27. The average molecular weight is 312 g/mol. The molecule has 2 aromatic rings. The molecular formula is C19H20O4. The van der Waals surface area contributed by atoms with Gasteiger partial charge in [-0.15, -0.1) is 0 Å². The van der Waals surface area contributed by atoms with E-state index in [0.717, 1.165) is 5.56 Å². The third-order valence-corrected chi connectivity index (χ3v) is 3.84. The van der Waals surface area contributed by atoms with Gasteiger partial charge in [-0.25, -0.2) is 0 Å². The second kappa shape index (κ2) is 7.70. The van der Waals surface area contributed by atoms with Gasteiger partial charge in [0.1, 0.15) is 5.75 Å². The maximum absolute atomic E-state index is 12.6. The predicted molar refractivity (Wildman–Crippen MR) is 87.8 cm³/mol. The van der Waals surface area contributed by atoms with Crippen molar-refractivity contribution in [2.75, 3.05) is 7.11 Å². The lowest BCUT2D eigenvalue weighted by Crippen LogP contribution is -2.23. The summed E-state index contributed by atoms with van der Waals surface area (Å²) in [6.07, 6.45) is 0.436. The normalized spacial score (nSPS) is 11.8. The summed E-state index contributed by atoms with van der Waals surface area (Å²) in [7, 11) is 1.56. The Hall–Kier alpha value is -2.46. The molecule has 23 heavy (non-hydrogen) atoms. The minimum Gasteiger partial charge on any atom is -0.497 e. The zero-order chi connectivity index (χ0) is 16.8. The number of hydrogen-bond donors (Lipinski definition) is 1. The van der Waals surface area contributed by atoms with E-state index in [9.17, 15) is 9.59 Å². The van der Waals surface area contributed by atoms with Gasteiger partial charge in [0, 0.05) is 11.1 Å². The van der Waals surface area contributed by atoms with Crippen LogP contribution < -0.4 is 4.74 Å². The minimum atomic E-state index is -0.705. The second-order valence-corrected chi connectivity index (χ2v) is 5.27. The van der Waals surface area contributed by atoms with Gasteiger partial charge in [-0.05, 0) is 36.2 Å². The first kappa shape index (κ1) is 16.9. The van der Waals surface area contributed by atoms with Crippen LogP contribution in [0.2, 0.25) is 0 Å². The van der Waals surface area contributed by atoms with E-state index in [-0.39, 0.29) is 18.2 Å². The molecule has 0 saturated carbocycles. The first-order chi connectivity index (χ1) is 11.1. The third-order valence-electron chi connectivity index (χ3n) is 3.84. The molecule has 0 amide bonds. The van der Waals surface area contributed by atoms with E-state index in [1.54, 1.807) is 55.6 Å². The number of methoxy groups -OCH3 is 1. The van der Waals surface area contributed by atoms with Gasteiger partial charge in [0.15, 0.2) is 11.6 Å². The van der Waals surface area contributed by atoms with Crippen LogP contribution in [0.3, 0.4) is 0 Å². The van der Waals surface area contributed by atoms with Gasteiger partial charge >= 0.3 is 0 Å². The summed E-state index contributed by atoms with van der Waals surface area (Å²) in [6, 6.07) is 13.4. The lowest BCUT2D eigenvalue weighted by molar-refractivity contribution is 0.0803. The Morgan fingerprint density at radius 1 is 0.957 bits per heavy atom. The van der Waals surface area contributed by atoms with E-state index >= 15 is 0 Å². The number of aliphatic hydroxyl groups is 1. The maximum atomic E-state index is 12.6. The Labute approximate surface area is 135 Å². The predicted octanol–water partition coefficient (Wildman–Crippen LogP) is 3.28. The number of rotatable bonds is 7. The van der Waals surface area contributed by atoms with Gasteiger partial charge < -0.3 is 9.84 Å². The zero-order valence-electron chi connectivity index (χ0n) is 13.3. The summed E-state index contributed by atoms with van der Waals surface area (Å²) in [5.74, 6) is -0.423. The molecule has 0 saturated heterocycles. The molecular weight excluding hydrogens is 292 g/mol. The highest BCUT2D eigenvalue weighted by atomic mass is 16.5. The fourth-order valence-electron chi connectivity index (χ4n) is 2.42. The van der Waals surface area contributed by atoms with Crippen LogP contribution in [-0.2, 0) is 6.61 Å². The van der Waals surface area contributed by atoms with E-state index in [1.165, 1.54) is 0 Å². The van der Waals surface area contributed by atoms with Gasteiger partial charge in [0.25, 0.3) is 0 Å². The molecule has 2 rings (SSSR count). The summed E-state index contributed by atoms with van der Waals surface area (Å²) in [5.41, 5.74) is 1.71. The van der Waals surface area contributed by atoms with E-state index in [0.29, 0.717) is 23.3 Å². The largest absolute Gasteiger partial charge is 0.497 e. The highest BCUT2D eigenvalue weighted by Crippen LogP contribution is 2.20. The highest BCUT2D eigenvalue weighted by molar-refractivity contribution is 6.16. The molecule has 2 aromatic carbocycles. The van der Waals surface area contributed by atoms with Crippen molar-refractivity contribution in [1.82, 2.24) is 0 Å². The van der Waals surface area contributed by atoms with Crippen LogP contribution in [-0.4, -0.2) is 23.8 Å². The molecule has 0 fully saturated rings. The topological polar surface area (TPSA) is 63.6 Å². The van der Waals surface area contributed by atoms with Gasteiger partial charge in [-0.2, -0.15) is 0 Å². The van der Waals surface area contributed by atoms with Crippen LogP contribution in [0.25, 0.3) is 0 Å². The molecule has 0 bridgehead atoms. The third kappa shape index (κ3) is 3.85. The summed E-state index contributed by atoms with van der Waals surface area (Å²) in [5, 5.41) is 9.05. The molecule has 4 heteroatoms. The van der Waals surface area contributed by atoms with Crippen molar-refractivity contribution in [1.29, 1.82) is 0 Å². The lowest BCUT2D eigenvalue weighted by atomic mass is 9.88. The molecule has 0 heterocycles. The van der Waals surface area contributed by atoms with Gasteiger partial charge in [0.05, 0.1) is 19.6 Å². The molecule has 4 nitrogen and oxygen atoms in total. The molecule has 0 aromatic heterocycles. The average Bonchev–Trinajstić information content (AvgIpc) is 2.62. The molecule has 1 atom stereocenters. The van der Waals surface area contributed by atoms with Crippen LogP contribution in [0.4, 0.5) is 0 Å². The van der Waals surface area contributed by atoms with Crippen molar-refractivity contribution in [3.05, 3.63) is 65.2 Å². The van der Waals surface area contributed by atoms with E-state index in [1.807, 2.05) is 6.92 Å². The Morgan fingerprint density at radius 2 is 1.43 bits per heavy atom. The first-order valence-electron chi connectivity index (χ1n) is 7.53. The molecule has 1 N–H and O–H groups in total. The van der Waals surface area contributed by atoms with Crippen LogP contribution in [0, 0.1) is 5.92 Å². The molecule has 0 aliphatic heterocycles. The van der Waals surface area contributed by atoms with Gasteiger partial charge in [0.2, 0.25) is 0 Å². The summed E-state index contributed by atoms with van der Waals surface area (Å²) >= 11 is 0. The van der Waals surface area contributed by atoms with Crippen molar-refractivity contribution in [2.24, 2.45) is 5.92 Å². The van der Waals surface area contributed by atoms with Crippen LogP contribution in [0.1, 0.15) is 39.6 Å². The fraction of sp³-hybridized carbons (Fsp3) is 0.263. The molecule has 1 unspecified atom stereocenters. The smallest absolute Gasteiger partial charge is 0.173 e. The Bertz CT molecular complexity index is 612. The van der Waals surface area contributed by atoms with Crippen LogP contribution >= 0.6 is 0 Å². The zero-order valence-corrected chi connectivity index (χ0v) is 13.3. The number of ether oxygens (including phenoxy) is 1. The minimum absolute atomic E-state index is 0.0730. The van der Waals surface area contributed by atoms with Crippen molar-refractivity contribution >= 4 is 11.6 Å². The number of aliphatic hydroxyl groups excluding tert-OH is 1. The molecule has 0 spiro atoms. The number of benzene rings is 2. The highest BCUT2D eigenvalue weighted by Gasteiger charge is 2.26. The number of carbonyl (C=O) groups excluding carboxylic acids is 2. The molecule has 0 radical (unpaired) electrons. The monoisotopic (exact) mass is 312 g/mol. The molecule has 120 valence electrons. The van der Waals surface area contributed by atoms with E-state index < -0.39 is 5.92 Å². The molecule has 0 aliphatic rings. The van der Waals surface area contributed by atoms with Crippen molar-refractivity contribution < 1.29 is 19.4 Å². The Kier molecular flexibility index (Phi) is 5.66. The fourth-order valence-corrected chi connectivity index (χ4v) is 2.42. The van der Waals surface area contributed by atoms with Crippen molar-refractivity contribution in [3.8, 4) is 5.75 Å². The quantitative estimate of drug-likeness (QED) is 0.629. The summed E-state index contributed by atoms with van der Waals surface area (Å²) in [4.78, 5) is 25.2. The van der Waals surface area contributed by atoms with Crippen molar-refractivity contribution in [3.63, 3.8) is 0 Å². The Balaban J connectivity index is 2.22. The number of carbonyl (C=O) groups is 2. The maximum Gasteiger partial charge on any atom is 0.173 e. The van der Waals surface area contributed by atoms with Crippen LogP contribution in [0.5, 0.6) is 5.75 Å². The van der Waals surface area contributed by atoms with Gasteiger partial charge in [-0.3, -0.25) is 9.59 Å². The number of ketones is 2. The van der Waals surface area contributed by atoms with Crippen LogP contribution in [0.15, 0.2) is 48.5 Å². The number of hydrogen-bond acceptors (Lipinski definition) is 4. The first-order valence-corrected chi connectivity index (χ1v) is 7.53. The molecule has 0 aliphatic carbocycles. The lowest BCUT2D eigenvalue weighted by Gasteiger charge is -2.13. The SMILES string of the molecule is CCC(C(=O)c1ccc(CO)cc1)C(=O)c1ccc(OC)cc1. The van der Waals surface area contributed by atoms with E-state index in [4.69, 9.17) is 9.84 Å². The summed E-state index contributed by atoms with van der Waals surface area (Å²) in [6.45, 7) is 1.75. The van der Waals surface area contributed by atoms with Crippen molar-refractivity contribution in [2.45, 2.75) is 20.0 Å². The standard InChI is InChI=1S/C19H20O4/c1-3-17(18(21)14-6-4-13(12-20)5-7-14)19(22)15-8-10-16(23-2)11-9-15/h4-11,17,20H,3,12H2,1-2H3. The van der Waals surface area contributed by atoms with Gasteiger partial charge in [-0.1, -0.05) is 31.2 Å². The summed E-state index contributed by atoms with van der Waals surface area (Å²) < 4.78 is 5.08. The number of Topliss-reactive ketones (excluding diaryl/α,β-unsaturated/α-hetero) is 2.